The zero-order chi connectivity index (χ0) is 64.8. The van der Waals surface area contributed by atoms with E-state index < -0.39 is 20.0 Å². The summed E-state index contributed by atoms with van der Waals surface area (Å²) in [4.78, 5) is 23.4. The van der Waals surface area contributed by atoms with Gasteiger partial charge in [-0.2, -0.15) is 0 Å². The fourth-order valence-corrected chi connectivity index (χ4v) is 10.3. The number of nitrogens with one attached hydrogen (secondary N) is 1. The maximum atomic E-state index is 13.1. The molecule has 0 aliphatic rings. The molecular formula is C80H136N2O6P+. The van der Waals surface area contributed by atoms with E-state index >= 15 is 0 Å². The Morgan fingerprint density at radius 3 is 1.03 bits per heavy atom. The lowest BCUT2D eigenvalue weighted by Gasteiger charge is -2.25. The molecule has 9 heteroatoms. The SMILES string of the molecule is CC/C=C\C/C=C\C/C=C\C/C=C\C/C=C\C/C=C\C/C=C\C/C=C\C/C=C\C/C=C\C/C=C\CCCCCCCCCC(=O)NC(COP(=O)(O)OCC[N+](C)(C)C)C(O)/C=C/CC/C=C/CC/C=C/CCCCCCCCCCCCCCCCCC. The van der Waals surface area contributed by atoms with E-state index in [1.165, 1.54) is 128 Å². The van der Waals surface area contributed by atoms with Gasteiger partial charge in [0, 0.05) is 6.42 Å². The number of nitrogens with zero attached hydrogens (tertiary/aromatic N) is 1. The minimum absolute atomic E-state index is 0.0426. The monoisotopic (exact) mass is 1250 g/mol. The van der Waals surface area contributed by atoms with Gasteiger partial charge in [0.2, 0.25) is 5.91 Å². The van der Waals surface area contributed by atoms with Crippen LogP contribution in [0.4, 0.5) is 0 Å². The molecule has 0 rings (SSSR count). The first-order valence-corrected chi connectivity index (χ1v) is 37.5. The van der Waals surface area contributed by atoms with Gasteiger partial charge >= 0.3 is 7.82 Å². The largest absolute Gasteiger partial charge is 0.472 e. The second-order valence-electron chi connectivity index (χ2n) is 24.9. The molecule has 89 heavy (non-hydrogen) atoms. The molecule has 0 aromatic carbocycles. The molecule has 0 bridgehead atoms. The lowest BCUT2D eigenvalue weighted by Crippen LogP contribution is -2.45. The average molecular weight is 1250 g/mol. The van der Waals surface area contributed by atoms with Gasteiger partial charge in [0.1, 0.15) is 13.2 Å². The highest BCUT2D eigenvalue weighted by atomic mass is 31.2. The summed E-state index contributed by atoms with van der Waals surface area (Å²) in [7, 11) is 1.52. The minimum Gasteiger partial charge on any atom is -0.387 e. The van der Waals surface area contributed by atoms with Gasteiger partial charge in [0.25, 0.3) is 0 Å². The first-order valence-electron chi connectivity index (χ1n) is 36.0. The molecule has 0 saturated heterocycles. The molecule has 0 aliphatic heterocycles. The van der Waals surface area contributed by atoms with Gasteiger partial charge < -0.3 is 19.8 Å². The molecule has 0 aromatic heterocycles. The average Bonchev–Trinajstić information content (AvgIpc) is 3.61. The third-order valence-corrected chi connectivity index (χ3v) is 16.1. The van der Waals surface area contributed by atoms with E-state index in [-0.39, 0.29) is 19.1 Å². The van der Waals surface area contributed by atoms with Crippen LogP contribution in [0.25, 0.3) is 0 Å². The Labute approximate surface area is 549 Å². The molecule has 8 nitrogen and oxygen atoms in total. The van der Waals surface area contributed by atoms with Crippen molar-refractivity contribution in [1.82, 2.24) is 5.32 Å². The van der Waals surface area contributed by atoms with Crippen LogP contribution in [0, 0.1) is 0 Å². The van der Waals surface area contributed by atoms with Crippen LogP contribution in [0.3, 0.4) is 0 Å². The fourth-order valence-electron chi connectivity index (χ4n) is 9.61. The Morgan fingerprint density at radius 1 is 0.393 bits per heavy atom. The highest BCUT2D eigenvalue weighted by Gasteiger charge is 2.28. The molecule has 0 aliphatic carbocycles. The molecule has 3 atom stereocenters. The third kappa shape index (κ3) is 71.2. The molecule has 0 heterocycles. The first-order chi connectivity index (χ1) is 43.5. The van der Waals surface area contributed by atoms with Crippen LogP contribution >= 0.6 is 7.82 Å². The van der Waals surface area contributed by atoms with Gasteiger partial charge in [-0.25, -0.2) is 4.57 Å². The zero-order valence-electron chi connectivity index (χ0n) is 57.9. The van der Waals surface area contributed by atoms with E-state index in [4.69, 9.17) is 9.05 Å². The molecule has 506 valence electrons. The number of likely N-dealkylation sites (N-methyl/N-ethyl adjacent to an activating group) is 1. The van der Waals surface area contributed by atoms with Gasteiger partial charge in [0.15, 0.2) is 0 Å². The minimum atomic E-state index is -4.38. The van der Waals surface area contributed by atoms with E-state index in [2.05, 4.69) is 177 Å². The summed E-state index contributed by atoms with van der Waals surface area (Å²) in [6.45, 7) is 4.67. The summed E-state index contributed by atoms with van der Waals surface area (Å²) in [5, 5.41) is 14.0. The number of unbranched alkanes of at least 4 members (excludes halogenated alkanes) is 25. The summed E-state index contributed by atoms with van der Waals surface area (Å²) in [5.74, 6) is -0.207. The van der Waals surface area contributed by atoms with Crippen molar-refractivity contribution >= 4 is 13.7 Å². The predicted octanol–water partition coefficient (Wildman–Crippen LogP) is 23.5. The summed E-state index contributed by atoms with van der Waals surface area (Å²) in [6, 6.07) is -0.890. The van der Waals surface area contributed by atoms with E-state index in [9.17, 15) is 19.4 Å². The number of phosphoric acid groups is 1. The molecule has 0 aromatic rings. The van der Waals surface area contributed by atoms with E-state index in [0.29, 0.717) is 17.4 Å². The van der Waals surface area contributed by atoms with Crippen LogP contribution in [0.1, 0.15) is 277 Å². The Morgan fingerprint density at radius 2 is 0.685 bits per heavy atom. The third-order valence-electron chi connectivity index (χ3n) is 15.1. The van der Waals surface area contributed by atoms with Gasteiger partial charge in [-0.15, -0.1) is 0 Å². The number of carbonyl (C=O) groups is 1. The smallest absolute Gasteiger partial charge is 0.387 e. The number of aliphatic hydroxyl groups excluding tert-OH is 1. The van der Waals surface area contributed by atoms with Crippen LogP contribution in [-0.2, 0) is 18.4 Å². The summed E-state index contributed by atoms with van der Waals surface area (Å²) in [6.07, 6.45) is 108. The van der Waals surface area contributed by atoms with Crippen LogP contribution in [-0.4, -0.2) is 73.4 Å². The number of phosphoric ester groups is 1. The quantitative estimate of drug-likeness (QED) is 0.0243. The second-order valence-corrected chi connectivity index (χ2v) is 26.3. The number of amides is 1. The van der Waals surface area contributed by atoms with Crippen molar-refractivity contribution in [3.63, 3.8) is 0 Å². The Kier molecular flexibility index (Phi) is 65.1. The summed E-state index contributed by atoms with van der Waals surface area (Å²) in [5.41, 5.74) is 0. The lowest BCUT2D eigenvalue weighted by atomic mass is 10.0. The highest BCUT2D eigenvalue weighted by molar-refractivity contribution is 7.47. The first kappa shape index (κ1) is 84.9. The molecule has 0 spiro atoms. The van der Waals surface area contributed by atoms with Crippen LogP contribution in [0.5, 0.6) is 0 Å². The van der Waals surface area contributed by atoms with E-state index in [1.807, 2.05) is 27.2 Å². The molecule has 0 saturated carbocycles. The van der Waals surface area contributed by atoms with Gasteiger partial charge in [-0.05, 0) is 128 Å². The second kappa shape index (κ2) is 68.2. The topological polar surface area (TPSA) is 105 Å². The predicted molar refractivity (Wildman–Crippen MR) is 391 cm³/mol. The lowest BCUT2D eigenvalue weighted by molar-refractivity contribution is -0.870. The molecule has 0 radical (unpaired) electrons. The fraction of sp³-hybridized carbons (Fsp3) is 0.637. The van der Waals surface area contributed by atoms with Crippen molar-refractivity contribution in [1.29, 1.82) is 0 Å². The molecule has 1 amide bonds. The number of allylic oxidation sites excluding steroid dienone is 27. The standard InChI is InChI=1S/C80H135N2O6P/c1-6-8-10-12-14-16-18-20-22-24-26-28-30-32-34-35-36-37-38-39-40-41-42-43-44-45-46-47-48-50-52-54-56-58-60-62-64-66-68-70-72-74-80(84)81-78(77-88-89(85,86)87-76-75-82(3,4)5)79(83)73-71-69-67-65-63-61-59-57-55-53-51-49-33-31-29-27-25-23-21-19-17-15-13-11-9-7-2/h8,10,14,16,20,22,26,28,32,34,36-37,39-40,42-43,45-46,48,50,54-57,63,65,71,73,78-79,83H,6-7,9,11-13,15,17-19,21,23-25,27,29-31,33,35,38,41,44,47,49,51-53,58-62,64,66-70,72,74-77H2,1-5H3,(H-,81,84,85,86)/p+1/b10-8-,16-14-,22-20-,28-26-,34-32-,37-36-,40-39-,43-42-,46-45-,50-48-,56-54-,57-55+,65-63+,73-71+. The number of quaternary nitrogens is 1. The summed E-state index contributed by atoms with van der Waals surface area (Å²) < 4.78 is 23.8. The number of carbonyl (C=O) groups excluding carboxylic acids is 1. The van der Waals surface area contributed by atoms with Gasteiger partial charge in [-0.1, -0.05) is 312 Å². The van der Waals surface area contributed by atoms with Crippen molar-refractivity contribution in [3.8, 4) is 0 Å². The van der Waals surface area contributed by atoms with Crippen LogP contribution in [0.2, 0.25) is 0 Å². The van der Waals surface area contributed by atoms with E-state index in [0.717, 1.165) is 128 Å². The zero-order valence-corrected chi connectivity index (χ0v) is 58.7. The van der Waals surface area contributed by atoms with Gasteiger partial charge in [0.05, 0.1) is 39.9 Å². The summed E-state index contributed by atoms with van der Waals surface area (Å²) >= 11 is 0. The van der Waals surface area contributed by atoms with Crippen LogP contribution in [0.15, 0.2) is 170 Å². The van der Waals surface area contributed by atoms with Crippen LogP contribution < -0.4 is 5.32 Å². The maximum Gasteiger partial charge on any atom is 0.472 e. The van der Waals surface area contributed by atoms with Crippen molar-refractivity contribution < 1.29 is 32.9 Å². The van der Waals surface area contributed by atoms with Crippen molar-refractivity contribution in [2.75, 3.05) is 40.9 Å². The number of rotatable bonds is 64. The van der Waals surface area contributed by atoms with Crippen molar-refractivity contribution in [2.45, 2.75) is 289 Å². The normalized spacial score (nSPS) is 14.6. The highest BCUT2D eigenvalue weighted by Crippen LogP contribution is 2.43. The van der Waals surface area contributed by atoms with E-state index in [1.54, 1.807) is 6.08 Å². The molecule has 3 N–H and O–H groups in total. The maximum absolute atomic E-state index is 13.1. The molecule has 0 fully saturated rings. The van der Waals surface area contributed by atoms with Gasteiger partial charge in [-0.3, -0.25) is 13.8 Å². The number of hydrogen-bond donors (Lipinski definition) is 3. The number of hydrogen-bond acceptors (Lipinski definition) is 5. The number of aliphatic hydroxyl groups is 1. The van der Waals surface area contributed by atoms with Crippen molar-refractivity contribution in [3.05, 3.63) is 170 Å². The molecule has 3 unspecified atom stereocenters. The Bertz CT molecular complexity index is 2060. The molecular weight excluding hydrogens is 1120 g/mol. The van der Waals surface area contributed by atoms with Crippen molar-refractivity contribution in [2.24, 2.45) is 0 Å². The Hall–Kier alpha value is -4.14. The Balaban J connectivity index is 4.21.